The number of carbonyl (C=O) groups excluding carboxylic acids is 3. The lowest BCUT2D eigenvalue weighted by molar-refractivity contribution is -0.121. The van der Waals surface area contributed by atoms with E-state index in [1.54, 1.807) is 13.1 Å². The van der Waals surface area contributed by atoms with Crippen molar-refractivity contribution < 1.29 is 23.9 Å². The smallest absolute Gasteiger partial charge is 0.219 e. The molecule has 0 saturated heterocycles. The highest BCUT2D eigenvalue weighted by Gasteiger charge is 2.24. The first-order valence-corrected chi connectivity index (χ1v) is 13.9. The minimum Gasteiger partial charge on any atom is -0.493 e. The maximum atomic E-state index is 11.8. The molecule has 8 nitrogen and oxygen atoms in total. The zero-order chi connectivity index (χ0) is 28.2. The average molecular weight is 538 g/mol. The van der Waals surface area contributed by atoms with Gasteiger partial charge in [0.25, 0.3) is 0 Å². The lowest BCUT2D eigenvalue weighted by Crippen LogP contribution is -2.34. The van der Waals surface area contributed by atoms with E-state index in [2.05, 4.69) is 42.3 Å². The summed E-state index contributed by atoms with van der Waals surface area (Å²) in [5.41, 5.74) is 5.18. The van der Waals surface area contributed by atoms with Gasteiger partial charge in [0.2, 0.25) is 5.91 Å². The maximum Gasteiger partial charge on any atom is 0.219 e. The second-order valence-electron chi connectivity index (χ2n) is 10.2. The van der Waals surface area contributed by atoms with Crippen LogP contribution in [0.4, 0.5) is 0 Å². The van der Waals surface area contributed by atoms with Gasteiger partial charge in [0.1, 0.15) is 12.0 Å². The van der Waals surface area contributed by atoms with Crippen LogP contribution in [0.2, 0.25) is 0 Å². The molecule has 212 valence electrons. The van der Waals surface area contributed by atoms with E-state index in [1.165, 1.54) is 16.7 Å². The van der Waals surface area contributed by atoms with Crippen molar-refractivity contribution in [2.45, 2.75) is 64.8 Å². The van der Waals surface area contributed by atoms with Gasteiger partial charge in [0.05, 0.1) is 25.4 Å². The molecule has 1 amide bonds. The highest BCUT2D eigenvalue weighted by Crippen LogP contribution is 2.33. The van der Waals surface area contributed by atoms with Crippen LogP contribution in [-0.4, -0.2) is 74.7 Å². The topological polar surface area (TPSA) is 88.2 Å². The predicted molar refractivity (Wildman–Crippen MR) is 152 cm³/mol. The summed E-state index contributed by atoms with van der Waals surface area (Å²) in [6.07, 6.45) is 4.30. The molecule has 2 aromatic carbocycles. The third-order valence-corrected chi connectivity index (χ3v) is 7.49. The minimum absolute atomic E-state index is 0.107. The van der Waals surface area contributed by atoms with E-state index in [9.17, 15) is 14.4 Å². The fourth-order valence-electron chi connectivity index (χ4n) is 5.02. The Bertz CT molecular complexity index is 1110. The molecule has 39 heavy (non-hydrogen) atoms. The largest absolute Gasteiger partial charge is 0.493 e. The van der Waals surface area contributed by atoms with Gasteiger partial charge in [0, 0.05) is 44.2 Å². The van der Waals surface area contributed by atoms with Crippen LogP contribution in [0.3, 0.4) is 0 Å². The molecule has 0 saturated carbocycles. The van der Waals surface area contributed by atoms with E-state index in [4.69, 9.17) is 9.47 Å². The van der Waals surface area contributed by atoms with E-state index in [1.807, 2.05) is 24.1 Å². The Hall–Kier alpha value is -3.07. The Morgan fingerprint density at radius 1 is 1.23 bits per heavy atom. The number of hydrogen-bond donors (Lipinski definition) is 1. The van der Waals surface area contributed by atoms with Crippen molar-refractivity contribution in [1.82, 2.24) is 15.1 Å². The first-order chi connectivity index (χ1) is 18.9. The summed E-state index contributed by atoms with van der Waals surface area (Å²) >= 11 is 0. The Kier molecular flexibility index (Phi) is 12.1. The van der Waals surface area contributed by atoms with Crippen molar-refractivity contribution in [2.75, 3.05) is 40.3 Å². The van der Waals surface area contributed by atoms with Crippen molar-refractivity contribution in [2.24, 2.45) is 0 Å². The lowest BCUT2D eigenvalue weighted by atomic mass is 10.0. The molecule has 1 aliphatic rings. The molecule has 0 fully saturated rings. The first kappa shape index (κ1) is 30.5. The van der Waals surface area contributed by atoms with Crippen molar-refractivity contribution >= 4 is 18.5 Å². The lowest BCUT2D eigenvalue weighted by Gasteiger charge is -2.25. The van der Waals surface area contributed by atoms with E-state index >= 15 is 0 Å². The van der Waals surface area contributed by atoms with Crippen molar-refractivity contribution in [1.29, 1.82) is 0 Å². The Labute approximate surface area is 232 Å². The molecule has 0 aliphatic carbocycles. The van der Waals surface area contributed by atoms with E-state index < -0.39 is 6.04 Å². The van der Waals surface area contributed by atoms with Gasteiger partial charge in [-0.15, -0.1) is 0 Å². The van der Waals surface area contributed by atoms with Crippen LogP contribution in [0.1, 0.15) is 71.3 Å². The molecule has 0 spiro atoms. The molecule has 0 bridgehead atoms. The summed E-state index contributed by atoms with van der Waals surface area (Å²) < 4.78 is 12.2. The molecule has 1 heterocycles. The van der Waals surface area contributed by atoms with Crippen molar-refractivity contribution in [3.8, 4) is 5.75 Å². The highest BCUT2D eigenvalue weighted by molar-refractivity contribution is 5.79. The van der Waals surface area contributed by atoms with Gasteiger partial charge < -0.3 is 24.5 Å². The van der Waals surface area contributed by atoms with Crippen molar-refractivity contribution in [3.05, 3.63) is 64.2 Å². The Morgan fingerprint density at radius 3 is 2.77 bits per heavy atom. The number of amides is 1. The molecule has 1 aliphatic heterocycles. The van der Waals surface area contributed by atoms with Crippen LogP contribution in [0.15, 0.2) is 36.4 Å². The van der Waals surface area contributed by atoms with Gasteiger partial charge >= 0.3 is 0 Å². The van der Waals surface area contributed by atoms with Crippen LogP contribution in [-0.2, 0) is 27.5 Å². The monoisotopic (exact) mass is 537 g/mol. The number of ether oxygens (including phenoxy) is 2. The summed E-state index contributed by atoms with van der Waals surface area (Å²) in [6, 6.07) is 11.6. The number of rotatable bonds is 17. The SMILES string of the molecule is CCN(CCCOc1cccc(C=O)c1CN(C)C(C=O)CCC(=O)NC)CC[C@@H]1OCc2ccc(C)cc21. The summed E-state index contributed by atoms with van der Waals surface area (Å²) in [7, 11) is 3.40. The molecule has 1 N–H and O–H groups in total. The fraction of sp³-hybridized carbons (Fsp3) is 0.516. The highest BCUT2D eigenvalue weighted by atomic mass is 16.5. The molecule has 2 aromatic rings. The summed E-state index contributed by atoms with van der Waals surface area (Å²) in [4.78, 5) is 39.4. The standard InChI is InChI=1S/C31H43N3O5/c1-5-34(16-14-30-27-18-23(2)10-11-25(27)22-39-30)15-7-17-38-29-9-6-8-24(20-35)28(29)19-33(4)26(21-36)12-13-31(37)32-3/h6,8-11,18,20-21,26,30H,5,7,12-17,19,22H2,1-4H3,(H,32,37)/t26?,30-/m0/s1. The molecule has 3 rings (SSSR count). The molecule has 2 atom stereocenters. The molecular weight excluding hydrogens is 494 g/mol. The van der Waals surface area contributed by atoms with E-state index in [-0.39, 0.29) is 18.4 Å². The third kappa shape index (κ3) is 8.71. The van der Waals surface area contributed by atoms with Gasteiger partial charge in [-0.05, 0) is 57.0 Å². The third-order valence-electron chi connectivity index (χ3n) is 7.49. The number of nitrogens with one attached hydrogen (secondary N) is 1. The number of fused-ring (bicyclic) bond motifs is 1. The molecule has 0 radical (unpaired) electrons. The van der Waals surface area contributed by atoms with Crippen molar-refractivity contribution in [3.63, 3.8) is 0 Å². The Balaban J connectivity index is 1.52. The van der Waals surface area contributed by atoms with Crippen LogP contribution in [0.25, 0.3) is 0 Å². The summed E-state index contributed by atoms with van der Waals surface area (Å²) in [6.45, 7) is 8.68. The zero-order valence-electron chi connectivity index (χ0n) is 23.8. The fourth-order valence-corrected chi connectivity index (χ4v) is 5.02. The van der Waals surface area contributed by atoms with E-state index in [0.29, 0.717) is 37.5 Å². The summed E-state index contributed by atoms with van der Waals surface area (Å²) in [5, 5.41) is 2.58. The van der Waals surface area contributed by atoms with Crippen LogP contribution < -0.4 is 10.1 Å². The molecule has 8 heteroatoms. The average Bonchev–Trinajstić information content (AvgIpc) is 3.35. The van der Waals surface area contributed by atoms with Gasteiger partial charge in [-0.2, -0.15) is 0 Å². The Morgan fingerprint density at radius 2 is 2.05 bits per heavy atom. The van der Waals surface area contributed by atoms with Gasteiger partial charge in [-0.25, -0.2) is 0 Å². The normalized spacial score (nSPS) is 15.3. The van der Waals surface area contributed by atoms with Gasteiger partial charge in [-0.1, -0.05) is 42.8 Å². The number of benzene rings is 2. The number of likely N-dealkylation sites (N-methyl/N-ethyl adjacent to an activating group) is 1. The summed E-state index contributed by atoms with van der Waals surface area (Å²) in [5.74, 6) is 0.543. The minimum atomic E-state index is -0.437. The molecule has 0 aromatic heterocycles. The number of carbonyl (C=O) groups is 3. The van der Waals surface area contributed by atoms with Crippen LogP contribution >= 0.6 is 0 Å². The zero-order valence-corrected chi connectivity index (χ0v) is 23.8. The molecular formula is C31H43N3O5. The number of nitrogens with zero attached hydrogens (tertiary/aromatic N) is 2. The van der Waals surface area contributed by atoms with Crippen LogP contribution in [0, 0.1) is 6.92 Å². The van der Waals surface area contributed by atoms with Gasteiger partial charge in [-0.3, -0.25) is 14.5 Å². The number of aryl methyl sites for hydroxylation is 1. The van der Waals surface area contributed by atoms with E-state index in [0.717, 1.165) is 50.6 Å². The quantitative estimate of drug-likeness (QED) is 0.240. The van der Waals surface area contributed by atoms with Gasteiger partial charge in [0.15, 0.2) is 6.29 Å². The second kappa shape index (κ2) is 15.5. The first-order valence-electron chi connectivity index (χ1n) is 13.9. The second-order valence-corrected chi connectivity index (χ2v) is 10.2. The maximum absolute atomic E-state index is 11.8. The van der Waals surface area contributed by atoms with Crippen LogP contribution in [0.5, 0.6) is 5.75 Å². The predicted octanol–water partition coefficient (Wildman–Crippen LogP) is 4.09. The number of aldehydes is 2. The number of hydrogen-bond acceptors (Lipinski definition) is 7. The molecule has 1 unspecified atom stereocenters.